The van der Waals surface area contributed by atoms with Crippen molar-refractivity contribution in [2.24, 2.45) is 0 Å². The number of carbonyl (C=O) groups excluding carboxylic acids is 2. The van der Waals surface area contributed by atoms with Gasteiger partial charge in [0.25, 0.3) is 11.8 Å². The molecule has 3 N–H and O–H groups in total. The molecule has 0 unspecified atom stereocenters. The lowest BCUT2D eigenvalue weighted by atomic mass is 9.56. The van der Waals surface area contributed by atoms with Crippen molar-refractivity contribution in [3.8, 4) is 0 Å². The Morgan fingerprint density at radius 1 is 0.657 bits per heavy atom. The molecule has 2 amide bonds. The van der Waals surface area contributed by atoms with E-state index in [4.69, 9.17) is 5.21 Å². The fraction of sp³-hybridized carbons (Fsp3) is 0.533. The van der Waals surface area contributed by atoms with E-state index in [9.17, 15) is 9.59 Å². The van der Waals surface area contributed by atoms with Gasteiger partial charge in [-0.1, -0.05) is 61.5 Å². The van der Waals surface area contributed by atoms with Gasteiger partial charge in [-0.25, -0.2) is 5.48 Å². The second kappa shape index (κ2) is 8.19. The van der Waals surface area contributed by atoms with E-state index in [0.29, 0.717) is 11.1 Å². The summed E-state index contributed by atoms with van der Waals surface area (Å²) in [5.74, 6) is -0.786. The van der Waals surface area contributed by atoms with Gasteiger partial charge in [-0.05, 0) is 93.9 Å². The van der Waals surface area contributed by atoms with Crippen LogP contribution in [0.2, 0.25) is 0 Å². The Hall–Kier alpha value is -2.66. The van der Waals surface area contributed by atoms with Crippen LogP contribution in [0, 0.1) is 0 Å². The number of amides is 2. The third-order valence-corrected chi connectivity index (χ3v) is 8.64. The Morgan fingerprint density at radius 3 is 1.43 bits per heavy atom. The van der Waals surface area contributed by atoms with Gasteiger partial charge in [0.05, 0.1) is 0 Å². The summed E-state index contributed by atoms with van der Waals surface area (Å²) >= 11 is 0. The maximum absolute atomic E-state index is 13.6. The van der Waals surface area contributed by atoms with Crippen molar-refractivity contribution in [3.63, 3.8) is 0 Å². The summed E-state index contributed by atoms with van der Waals surface area (Å²) in [4.78, 5) is 25.3. The predicted molar refractivity (Wildman–Crippen MR) is 141 cm³/mol. The maximum atomic E-state index is 13.6. The highest BCUT2D eigenvalue weighted by atomic mass is 16.5. The largest absolute Gasteiger partial charge is 0.321 e. The topological polar surface area (TPSA) is 78.4 Å². The van der Waals surface area contributed by atoms with Gasteiger partial charge in [-0.2, -0.15) is 0 Å². The molecule has 0 saturated carbocycles. The molecular formula is C30H40N2O3. The van der Waals surface area contributed by atoms with E-state index in [1.807, 2.05) is 0 Å². The number of rotatable bonds is 3. The summed E-state index contributed by atoms with van der Waals surface area (Å²) in [6.07, 6.45) is 4.33. The van der Waals surface area contributed by atoms with Crippen LogP contribution in [0.25, 0.3) is 0 Å². The monoisotopic (exact) mass is 476 g/mol. The van der Waals surface area contributed by atoms with Gasteiger partial charge < -0.3 is 5.32 Å². The summed E-state index contributed by atoms with van der Waals surface area (Å²) in [7, 11) is 0. The van der Waals surface area contributed by atoms with Crippen molar-refractivity contribution < 1.29 is 14.8 Å². The lowest BCUT2D eigenvalue weighted by Crippen LogP contribution is -2.41. The second-order valence-corrected chi connectivity index (χ2v) is 13.1. The molecule has 0 spiro atoms. The summed E-state index contributed by atoms with van der Waals surface area (Å²) in [6.45, 7) is 18.5. The average Bonchev–Trinajstić information content (AvgIpc) is 2.79. The van der Waals surface area contributed by atoms with Crippen LogP contribution >= 0.6 is 0 Å². The van der Waals surface area contributed by atoms with Gasteiger partial charge >= 0.3 is 0 Å². The molecule has 2 aromatic rings. The fourth-order valence-corrected chi connectivity index (χ4v) is 6.07. The number of anilines is 1. The molecule has 2 aliphatic carbocycles. The number of carbonyl (C=O) groups is 2. The molecular weight excluding hydrogens is 436 g/mol. The van der Waals surface area contributed by atoms with Crippen LogP contribution in [-0.4, -0.2) is 17.0 Å². The van der Waals surface area contributed by atoms with E-state index in [2.05, 4.69) is 66.8 Å². The van der Waals surface area contributed by atoms with E-state index < -0.39 is 5.91 Å². The Kier molecular flexibility index (Phi) is 5.95. The van der Waals surface area contributed by atoms with Crippen molar-refractivity contribution >= 4 is 17.5 Å². The Balaban J connectivity index is 1.93. The first-order valence-electron chi connectivity index (χ1n) is 12.7. The van der Waals surface area contributed by atoms with Crippen LogP contribution in [0.4, 0.5) is 5.69 Å². The average molecular weight is 477 g/mol. The molecule has 35 heavy (non-hydrogen) atoms. The zero-order chi connectivity index (χ0) is 26.0. The van der Waals surface area contributed by atoms with Crippen LogP contribution in [0.5, 0.6) is 0 Å². The molecule has 0 aliphatic heterocycles. The van der Waals surface area contributed by atoms with Crippen molar-refractivity contribution in [1.29, 1.82) is 0 Å². The molecule has 188 valence electrons. The minimum atomic E-state index is -0.601. The molecule has 5 heteroatoms. The first-order valence-corrected chi connectivity index (χ1v) is 12.7. The Labute approximate surface area is 209 Å². The van der Waals surface area contributed by atoms with Crippen LogP contribution in [0.3, 0.4) is 0 Å². The summed E-state index contributed by atoms with van der Waals surface area (Å²) in [6, 6.07) is 8.83. The molecule has 0 bridgehead atoms. The highest BCUT2D eigenvalue weighted by Crippen LogP contribution is 2.56. The third kappa shape index (κ3) is 4.29. The number of benzene rings is 2. The standard InChI is InChI=1S/C30H40N2O3/c1-27(2)13-15-29(5,6)22-20(27)17-21-23(30(7,8)16-14-28(21,3)4)24(22)31-25(33)18-9-11-19(12-10-18)26(34)32-35/h9-12,17,35H,13-16H2,1-8H3,(H,31,33)(H,32,34). The summed E-state index contributed by atoms with van der Waals surface area (Å²) in [5.41, 5.74) is 8.54. The zero-order valence-electron chi connectivity index (χ0n) is 22.5. The molecule has 2 aromatic carbocycles. The zero-order valence-corrected chi connectivity index (χ0v) is 22.5. The first kappa shape index (κ1) is 25.4. The van der Waals surface area contributed by atoms with E-state index in [1.165, 1.54) is 22.3 Å². The van der Waals surface area contributed by atoms with Crippen LogP contribution in [0.1, 0.15) is 124 Å². The maximum Gasteiger partial charge on any atom is 0.274 e. The van der Waals surface area contributed by atoms with Crippen LogP contribution < -0.4 is 10.8 Å². The highest BCUT2D eigenvalue weighted by molar-refractivity contribution is 6.06. The minimum absolute atomic E-state index is 0.0241. The quantitative estimate of drug-likeness (QED) is 0.338. The molecule has 0 aromatic heterocycles. The van der Waals surface area contributed by atoms with Crippen LogP contribution in [0.15, 0.2) is 30.3 Å². The second-order valence-electron chi connectivity index (χ2n) is 13.1. The minimum Gasteiger partial charge on any atom is -0.321 e. The van der Waals surface area contributed by atoms with E-state index in [0.717, 1.165) is 31.4 Å². The van der Waals surface area contributed by atoms with Gasteiger partial charge in [-0.15, -0.1) is 0 Å². The summed E-state index contributed by atoms with van der Waals surface area (Å²) in [5, 5.41) is 12.3. The number of hydroxylamine groups is 1. The smallest absolute Gasteiger partial charge is 0.274 e. The van der Waals surface area contributed by atoms with Crippen molar-refractivity contribution in [2.75, 3.05) is 5.32 Å². The number of nitrogens with one attached hydrogen (secondary N) is 2. The number of hydrogen-bond acceptors (Lipinski definition) is 3. The molecule has 4 rings (SSSR count). The number of fused-ring (bicyclic) bond motifs is 2. The van der Waals surface area contributed by atoms with Gasteiger partial charge in [0, 0.05) is 16.8 Å². The van der Waals surface area contributed by atoms with E-state index >= 15 is 0 Å². The Bertz CT molecular complexity index is 1130. The van der Waals surface area contributed by atoms with Crippen molar-refractivity contribution in [2.45, 2.75) is 103 Å². The van der Waals surface area contributed by atoms with Crippen LogP contribution in [-0.2, 0) is 21.7 Å². The molecule has 0 radical (unpaired) electrons. The molecule has 0 heterocycles. The first-order chi connectivity index (χ1) is 16.1. The van der Waals surface area contributed by atoms with Crippen molar-refractivity contribution in [1.82, 2.24) is 5.48 Å². The SMILES string of the molecule is CC1(C)CCC(C)(C)c2c1cc1c(c2NC(=O)c2ccc(C(=O)NO)cc2)C(C)(C)CCC1(C)C. The highest BCUT2D eigenvalue weighted by Gasteiger charge is 2.46. The third-order valence-electron chi connectivity index (χ3n) is 8.64. The normalized spacial score (nSPS) is 20.8. The van der Waals surface area contributed by atoms with Crippen molar-refractivity contribution in [3.05, 3.63) is 63.7 Å². The number of hydrogen-bond donors (Lipinski definition) is 3. The molecule has 5 nitrogen and oxygen atoms in total. The summed E-state index contributed by atoms with van der Waals surface area (Å²) < 4.78 is 0. The van der Waals surface area contributed by atoms with Gasteiger partial charge in [0.1, 0.15) is 0 Å². The van der Waals surface area contributed by atoms with Gasteiger partial charge in [-0.3, -0.25) is 14.8 Å². The van der Waals surface area contributed by atoms with E-state index in [-0.39, 0.29) is 27.6 Å². The molecule has 0 fully saturated rings. The predicted octanol–water partition coefficient (Wildman–Crippen LogP) is 6.76. The molecule has 0 saturated heterocycles. The molecule has 0 atom stereocenters. The lowest BCUT2D eigenvalue weighted by molar-refractivity contribution is 0.0706. The van der Waals surface area contributed by atoms with E-state index in [1.54, 1.807) is 29.7 Å². The van der Waals surface area contributed by atoms with Gasteiger partial charge in [0.15, 0.2) is 0 Å². The van der Waals surface area contributed by atoms with Gasteiger partial charge in [0.2, 0.25) is 0 Å². The molecule has 2 aliphatic rings. The Morgan fingerprint density at radius 2 is 1.03 bits per heavy atom. The fourth-order valence-electron chi connectivity index (χ4n) is 6.07. The lowest BCUT2D eigenvalue weighted by Gasteiger charge is -2.49.